The first-order valence-electron chi connectivity index (χ1n) is 4.54. The van der Waals surface area contributed by atoms with Crippen LogP contribution in [0.5, 0.6) is 0 Å². The summed E-state index contributed by atoms with van der Waals surface area (Å²) in [6, 6.07) is 3.25. The second-order valence-corrected chi connectivity index (χ2v) is 3.30. The molecule has 84 valence electrons. The number of amides is 1. The van der Waals surface area contributed by atoms with E-state index in [4.69, 9.17) is 11.0 Å². The first-order valence-corrected chi connectivity index (χ1v) is 4.54. The van der Waals surface area contributed by atoms with Crippen molar-refractivity contribution in [1.82, 2.24) is 4.98 Å². The third kappa shape index (κ3) is 3.02. The number of rotatable bonds is 4. The fraction of sp³-hybridized carbons (Fsp3) is 0.300. The summed E-state index contributed by atoms with van der Waals surface area (Å²) in [4.78, 5) is 14.3. The summed E-state index contributed by atoms with van der Waals surface area (Å²) < 4.78 is 0. The van der Waals surface area contributed by atoms with Crippen molar-refractivity contribution in [3.8, 4) is 6.07 Å². The zero-order valence-electron chi connectivity index (χ0n) is 8.37. The lowest BCUT2D eigenvalue weighted by molar-refractivity contribution is -0.121. The van der Waals surface area contributed by atoms with Crippen molar-refractivity contribution >= 4 is 5.91 Å². The van der Waals surface area contributed by atoms with Crippen LogP contribution < -0.4 is 5.73 Å². The topological polar surface area (TPSA) is 120 Å². The summed E-state index contributed by atoms with van der Waals surface area (Å²) in [5.74, 6) is -0.712. The van der Waals surface area contributed by atoms with E-state index in [9.17, 15) is 15.0 Å². The van der Waals surface area contributed by atoms with Gasteiger partial charge in [0.25, 0.3) is 0 Å². The van der Waals surface area contributed by atoms with Crippen molar-refractivity contribution in [3.63, 3.8) is 0 Å². The molecule has 2 unspecified atom stereocenters. The van der Waals surface area contributed by atoms with Crippen molar-refractivity contribution in [3.05, 3.63) is 29.6 Å². The number of aromatic nitrogens is 1. The highest BCUT2D eigenvalue weighted by Gasteiger charge is 2.20. The van der Waals surface area contributed by atoms with Crippen LogP contribution in [-0.2, 0) is 4.79 Å². The van der Waals surface area contributed by atoms with E-state index in [-0.39, 0.29) is 17.5 Å². The first-order chi connectivity index (χ1) is 7.54. The number of carbonyl (C=O) groups excluding carboxylic acids is 1. The Bertz CT molecular complexity index is 428. The van der Waals surface area contributed by atoms with E-state index in [2.05, 4.69) is 4.98 Å². The van der Waals surface area contributed by atoms with Gasteiger partial charge in [-0.2, -0.15) is 5.26 Å². The van der Waals surface area contributed by atoms with Crippen LogP contribution in [0.15, 0.2) is 18.5 Å². The Hall–Kier alpha value is -1.97. The molecule has 2 atom stereocenters. The molecule has 0 bridgehead atoms. The Morgan fingerprint density at radius 2 is 2.25 bits per heavy atom. The van der Waals surface area contributed by atoms with Crippen LogP contribution in [0, 0.1) is 11.3 Å². The van der Waals surface area contributed by atoms with Crippen LogP contribution in [0.2, 0.25) is 0 Å². The van der Waals surface area contributed by atoms with Crippen molar-refractivity contribution in [2.75, 3.05) is 0 Å². The summed E-state index contributed by atoms with van der Waals surface area (Å²) in [5.41, 5.74) is 5.42. The Labute approximate surface area is 92.0 Å². The average molecular weight is 221 g/mol. The maximum atomic E-state index is 10.6. The second-order valence-electron chi connectivity index (χ2n) is 3.30. The van der Waals surface area contributed by atoms with Crippen LogP contribution >= 0.6 is 0 Å². The van der Waals surface area contributed by atoms with Crippen LogP contribution in [0.1, 0.15) is 23.7 Å². The number of nitrogens with zero attached hydrogens (tertiary/aromatic N) is 2. The predicted molar refractivity (Wildman–Crippen MR) is 53.7 cm³/mol. The van der Waals surface area contributed by atoms with E-state index in [1.165, 1.54) is 18.5 Å². The molecule has 0 saturated heterocycles. The molecule has 16 heavy (non-hydrogen) atoms. The third-order valence-corrected chi connectivity index (χ3v) is 2.00. The Kier molecular flexibility index (Phi) is 3.94. The highest BCUT2D eigenvalue weighted by molar-refractivity contribution is 5.74. The summed E-state index contributed by atoms with van der Waals surface area (Å²) in [7, 11) is 0. The van der Waals surface area contributed by atoms with Crippen LogP contribution in [0.3, 0.4) is 0 Å². The van der Waals surface area contributed by atoms with Crippen molar-refractivity contribution < 1.29 is 15.0 Å². The molecule has 6 nitrogen and oxygen atoms in total. The van der Waals surface area contributed by atoms with Crippen molar-refractivity contribution in [1.29, 1.82) is 5.26 Å². The Morgan fingerprint density at radius 3 is 2.81 bits per heavy atom. The lowest BCUT2D eigenvalue weighted by Crippen LogP contribution is -2.25. The molecule has 0 radical (unpaired) electrons. The molecule has 1 amide bonds. The minimum atomic E-state index is -1.30. The Balaban J connectivity index is 2.83. The maximum Gasteiger partial charge on any atom is 0.220 e. The van der Waals surface area contributed by atoms with Gasteiger partial charge in [-0.1, -0.05) is 0 Å². The van der Waals surface area contributed by atoms with Gasteiger partial charge in [0, 0.05) is 18.0 Å². The van der Waals surface area contributed by atoms with Crippen LogP contribution in [-0.4, -0.2) is 27.2 Å². The van der Waals surface area contributed by atoms with E-state index in [1.807, 2.05) is 6.07 Å². The smallest absolute Gasteiger partial charge is 0.220 e. The van der Waals surface area contributed by atoms with Gasteiger partial charge in [-0.05, 0) is 6.07 Å². The van der Waals surface area contributed by atoms with Crippen LogP contribution in [0.4, 0.5) is 0 Å². The van der Waals surface area contributed by atoms with Gasteiger partial charge in [-0.15, -0.1) is 0 Å². The lowest BCUT2D eigenvalue weighted by Gasteiger charge is -2.16. The average Bonchev–Trinajstić information content (AvgIpc) is 2.27. The van der Waals surface area contributed by atoms with Gasteiger partial charge < -0.3 is 15.9 Å². The van der Waals surface area contributed by atoms with Gasteiger partial charge in [0.2, 0.25) is 5.91 Å². The predicted octanol–water partition coefficient (Wildman–Crippen LogP) is -0.777. The summed E-state index contributed by atoms with van der Waals surface area (Å²) in [6.45, 7) is 0. The molecule has 0 fully saturated rings. The highest BCUT2D eigenvalue weighted by Crippen LogP contribution is 2.18. The number of aliphatic hydroxyl groups excluding tert-OH is 2. The Morgan fingerprint density at radius 1 is 1.56 bits per heavy atom. The molecule has 0 aromatic carbocycles. The number of hydrogen-bond donors (Lipinski definition) is 3. The minimum absolute atomic E-state index is 0.267. The molecule has 1 rings (SSSR count). The summed E-state index contributed by atoms with van der Waals surface area (Å²) in [6.07, 6.45) is -0.286. The monoisotopic (exact) mass is 221 g/mol. The number of carbonyl (C=O) groups is 1. The standard InChI is InChI=1S/C10H11N3O3/c11-3-6-1-7(5-13-4-6)10(16)8(14)2-9(12)15/h1,4-5,8,10,14,16H,2H2,(H2,12,15). The molecule has 0 saturated carbocycles. The maximum absolute atomic E-state index is 10.6. The molecule has 0 spiro atoms. The molecule has 6 heteroatoms. The molecule has 0 aliphatic rings. The normalized spacial score (nSPS) is 13.8. The van der Waals surface area contributed by atoms with E-state index >= 15 is 0 Å². The summed E-state index contributed by atoms with van der Waals surface area (Å²) in [5, 5.41) is 27.7. The van der Waals surface area contributed by atoms with Crippen molar-refractivity contribution in [2.24, 2.45) is 5.73 Å². The first kappa shape index (κ1) is 12.1. The fourth-order valence-electron chi connectivity index (χ4n) is 1.22. The van der Waals surface area contributed by atoms with Gasteiger partial charge in [0.05, 0.1) is 18.1 Å². The van der Waals surface area contributed by atoms with Gasteiger partial charge >= 0.3 is 0 Å². The van der Waals surface area contributed by atoms with E-state index in [1.54, 1.807) is 0 Å². The zero-order chi connectivity index (χ0) is 12.1. The van der Waals surface area contributed by atoms with Gasteiger partial charge in [0.15, 0.2) is 0 Å². The highest BCUT2D eigenvalue weighted by atomic mass is 16.3. The van der Waals surface area contributed by atoms with E-state index < -0.39 is 18.1 Å². The molecule has 1 aromatic rings. The number of primary amides is 1. The zero-order valence-corrected chi connectivity index (χ0v) is 8.37. The number of pyridine rings is 1. The molecular formula is C10H11N3O3. The van der Waals surface area contributed by atoms with E-state index in [0.717, 1.165) is 0 Å². The molecule has 0 aliphatic heterocycles. The molecule has 4 N–H and O–H groups in total. The van der Waals surface area contributed by atoms with Crippen LogP contribution in [0.25, 0.3) is 0 Å². The second kappa shape index (κ2) is 5.21. The molecular weight excluding hydrogens is 210 g/mol. The largest absolute Gasteiger partial charge is 0.390 e. The third-order valence-electron chi connectivity index (χ3n) is 2.00. The number of hydrogen-bond acceptors (Lipinski definition) is 5. The van der Waals surface area contributed by atoms with Gasteiger partial charge in [-0.3, -0.25) is 9.78 Å². The minimum Gasteiger partial charge on any atom is -0.390 e. The van der Waals surface area contributed by atoms with Crippen molar-refractivity contribution in [2.45, 2.75) is 18.6 Å². The number of nitriles is 1. The molecule has 1 aromatic heterocycles. The number of nitrogens with two attached hydrogens (primary N) is 1. The summed E-state index contributed by atoms with van der Waals surface area (Å²) >= 11 is 0. The SMILES string of the molecule is N#Cc1cncc(C(O)C(O)CC(N)=O)c1. The molecule has 0 aliphatic carbocycles. The quantitative estimate of drug-likeness (QED) is 0.616. The van der Waals surface area contributed by atoms with E-state index in [0.29, 0.717) is 0 Å². The lowest BCUT2D eigenvalue weighted by atomic mass is 10.0. The number of aliphatic hydroxyl groups is 2. The molecule has 1 heterocycles. The van der Waals surface area contributed by atoms with Gasteiger partial charge in [0.1, 0.15) is 12.2 Å². The van der Waals surface area contributed by atoms with Gasteiger partial charge in [-0.25, -0.2) is 0 Å². The fourth-order valence-corrected chi connectivity index (χ4v) is 1.22.